The van der Waals surface area contributed by atoms with E-state index in [0.29, 0.717) is 23.0 Å². The van der Waals surface area contributed by atoms with Gasteiger partial charge < -0.3 is 14.7 Å². The summed E-state index contributed by atoms with van der Waals surface area (Å²) in [5.41, 5.74) is 3.87. The lowest BCUT2D eigenvalue weighted by atomic mass is 10.0. The standard InChI is InChI=1S/C26H28FN3O/c1-28(2)23-15-16-30(18-23)25-14-13-22(17-24(25)27)29(3)26(31)21-11-9-20(10-12-21)19-7-5-4-6-8-19/h4-14,17,23H,15-16,18H2,1-3H3. The van der Waals surface area contributed by atoms with Crippen LogP contribution in [0.15, 0.2) is 72.8 Å². The summed E-state index contributed by atoms with van der Waals surface area (Å²) in [5, 5.41) is 0. The van der Waals surface area contributed by atoms with E-state index in [9.17, 15) is 9.18 Å². The maximum absolute atomic E-state index is 14.9. The van der Waals surface area contributed by atoms with Crippen LogP contribution in [0.4, 0.5) is 15.8 Å². The van der Waals surface area contributed by atoms with Gasteiger partial charge in [-0.15, -0.1) is 0 Å². The zero-order valence-corrected chi connectivity index (χ0v) is 18.3. The highest BCUT2D eigenvalue weighted by Gasteiger charge is 2.26. The quantitative estimate of drug-likeness (QED) is 0.590. The second kappa shape index (κ2) is 8.90. The van der Waals surface area contributed by atoms with E-state index in [4.69, 9.17) is 0 Å². The Labute approximate surface area is 183 Å². The van der Waals surface area contributed by atoms with Crippen LogP contribution >= 0.6 is 0 Å². The van der Waals surface area contributed by atoms with Gasteiger partial charge in [0.25, 0.3) is 5.91 Å². The van der Waals surface area contributed by atoms with Gasteiger partial charge in [0.2, 0.25) is 0 Å². The molecule has 1 fully saturated rings. The van der Waals surface area contributed by atoms with E-state index in [1.165, 1.54) is 11.0 Å². The molecule has 4 nitrogen and oxygen atoms in total. The third kappa shape index (κ3) is 4.47. The molecule has 0 saturated carbocycles. The first-order valence-corrected chi connectivity index (χ1v) is 10.6. The second-order valence-corrected chi connectivity index (χ2v) is 8.30. The molecule has 0 N–H and O–H groups in total. The number of rotatable bonds is 5. The molecular formula is C26H28FN3O. The fraction of sp³-hybridized carbons (Fsp3) is 0.269. The Morgan fingerprint density at radius 2 is 1.61 bits per heavy atom. The number of halogens is 1. The predicted molar refractivity (Wildman–Crippen MR) is 125 cm³/mol. The van der Waals surface area contributed by atoms with Gasteiger partial charge in [-0.3, -0.25) is 4.79 Å². The van der Waals surface area contributed by atoms with Crippen molar-refractivity contribution in [3.63, 3.8) is 0 Å². The Bertz CT molecular complexity index is 1050. The number of carbonyl (C=O) groups excluding carboxylic acids is 1. The van der Waals surface area contributed by atoms with Crippen LogP contribution in [0.25, 0.3) is 11.1 Å². The second-order valence-electron chi connectivity index (χ2n) is 8.30. The normalized spacial score (nSPS) is 16.0. The summed E-state index contributed by atoms with van der Waals surface area (Å²) in [6.07, 6.45) is 1.02. The van der Waals surface area contributed by atoms with Gasteiger partial charge in [0.1, 0.15) is 5.82 Å². The molecule has 0 radical (unpaired) electrons. The summed E-state index contributed by atoms with van der Waals surface area (Å²) >= 11 is 0. The molecule has 3 aromatic carbocycles. The van der Waals surface area contributed by atoms with Crippen molar-refractivity contribution in [3.8, 4) is 11.1 Å². The molecule has 4 rings (SSSR count). The van der Waals surface area contributed by atoms with Crippen LogP contribution in [0, 0.1) is 5.82 Å². The van der Waals surface area contributed by atoms with Gasteiger partial charge in [-0.05, 0) is 62.0 Å². The molecule has 1 aliphatic rings. The van der Waals surface area contributed by atoms with E-state index < -0.39 is 0 Å². The summed E-state index contributed by atoms with van der Waals surface area (Å²) in [4.78, 5) is 18.7. The van der Waals surface area contributed by atoms with Crippen molar-refractivity contribution in [2.75, 3.05) is 44.0 Å². The van der Waals surface area contributed by atoms with Crippen molar-refractivity contribution in [3.05, 3.63) is 84.2 Å². The molecule has 1 atom stereocenters. The van der Waals surface area contributed by atoms with Gasteiger partial charge in [-0.25, -0.2) is 4.39 Å². The van der Waals surface area contributed by atoms with Gasteiger partial charge in [-0.1, -0.05) is 42.5 Å². The first-order valence-electron chi connectivity index (χ1n) is 10.6. The van der Waals surface area contributed by atoms with E-state index >= 15 is 0 Å². The molecule has 5 heteroatoms. The molecule has 1 heterocycles. The van der Waals surface area contributed by atoms with Crippen molar-refractivity contribution in [2.24, 2.45) is 0 Å². The Balaban J connectivity index is 1.48. The van der Waals surface area contributed by atoms with Crippen LogP contribution in [0.2, 0.25) is 0 Å². The van der Waals surface area contributed by atoms with Gasteiger partial charge in [-0.2, -0.15) is 0 Å². The highest BCUT2D eigenvalue weighted by atomic mass is 19.1. The third-order valence-electron chi connectivity index (χ3n) is 6.10. The molecule has 3 aromatic rings. The average Bonchev–Trinajstić information content (AvgIpc) is 3.29. The fourth-order valence-corrected chi connectivity index (χ4v) is 4.09. The topological polar surface area (TPSA) is 26.8 Å². The van der Waals surface area contributed by atoms with Crippen molar-refractivity contribution in [2.45, 2.75) is 12.5 Å². The summed E-state index contributed by atoms with van der Waals surface area (Å²) in [6, 6.07) is 23.0. The highest BCUT2D eigenvalue weighted by Crippen LogP contribution is 2.29. The number of amides is 1. The van der Waals surface area contributed by atoms with Gasteiger partial charge >= 0.3 is 0 Å². The lowest BCUT2D eigenvalue weighted by Gasteiger charge is -2.24. The minimum Gasteiger partial charge on any atom is -0.368 e. The smallest absolute Gasteiger partial charge is 0.258 e. The lowest BCUT2D eigenvalue weighted by Crippen LogP contribution is -2.31. The van der Waals surface area contributed by atoms with E-state index in [1.54, 1.807) is 13.1 Å². The van der Waals surface area contributed by atoms with Crippen molar-refractivity contribution in [1.29, 1.82) is 0 Å². The first-order chi connectivity index (χ1) is 14.9. The maximum Gasteiger partial charge on any atom is 0.258 e. The monoisotopic (exact) mass is 417 g/mol. The van der Waals surface area contributed by atoms with Crippen LogP contribution in [0.5, 0.6) is 0 Å². The van der Waals surface area contributed by atoms with Crippen LogP contribution < -0.4 is 9.80 Å². The minimum atomic E-state index is -0.295. The van der Waals surface area contributed by atoms with Crippen LogP contribution in [0.1, 0.15) is 16.8 Å². The zero-order chi connectivity index (χ0) is 22.0. The number of likely N-dealkylation sites (N-methyl/N-ethyl adjacent to an activating group) is 1. The van der Waals surface area contributed by atoms with Crippen molar-refractivity contribution >= 4 is 17.3 Å². The summed E-state index contributed by atoms with van der Waals surface area (Å²) in [6.45, 7) is 1.65. The Morgan fingerprint density at radius 3 is 2.23 bits per heavy atom. The summed E-state index contributed by atoms with van der Waals surface area (Å²) < 4.78 is 14.9. The van der Waals surface area contributed by atoms with E-state index in [1.807, 2.05) is 60.7 Å². The molecule has 0 spiro atoms. The third-order valence-corrected chi connectivity index (χ3v) is 6.10. The molecule has 31 heavy (non-hydrogen) atoms. The van der Waals surface area contributed by atoms with Crippen LogP contribution in [0.3, 0.4) is 0 Å². The van der Waals surface area contributed by atoms with Gasteiger partial charge in [0.05, 0.1) is 5.69 Å². The zero-order valence-electron chi connectivity index (χ0n) is 18.3. The minimum absolute atomic E-state index is 0.166. The number of anilines is 2. The molecular weight excluding hydrogens is 389 g/mol. The molecule has 0 aromatic heterocycles. The van der Waals surface area contributed by atoms with E-state index in [2.05, 4.69) is 23.9 Å². The largest absolute Gasteiger partial charge is 0.368 e. The van der Waals surface area contributed by atoms with E-state index in [0.717, 1.165) is 30.6 Å². The van der Waals surface area contributed by atoms with Crippen molar-refractivity contribution in [1.82, 2.24) is 4.90 Å². The average molecular weight is 418 g/mol. The fourth-order valence-electron chi connectivity index (χ4n) is 4.09. The molecule has 1 saturated heterocycles. The summed E-state index contributed by atoms with van der Waals surface area (Å²) in [5.74, 6) is -0.461. The number of carbonyl (C=O) groups is 1. The Kier molecular flexibility index (Phi) is 6.05. The molecule has 1 unspecified atom stereocenters. The number of nitrogens with zero attached hydrogens (tertiary/aromatic N) is 3. The Hall–Kier alpha value is -3.18. The molecule has 160 valence electrons. The Morgan fingerprint density at radius 1 is 0.935 bits per heavy atom. The lowest BCUT2D eigenvalue weighted by molar-refractivity contribution is 0.0993. The van der Waals surface area contributed by atoms with Crippen molar-refractivity contribution < 1.29 is 9.18 Å². The number of hydrogen-bond acceptors (Lipinski definition) is 3. The summed E-state index contributed by atoms with van der Waals surface area (Å²) in [7, 11) is 5.79. The molecule has 1 amide bonds. The molecule has 0 bridgehead atoms. The molecule has 1 aliphatic heterocycles. The number of hydrogen-bond donors (Lipinski definition) is 0. The SMILES string of the molecule is CN(C(=O)c1ccc(-c2ccccc2)cc1)c1ccc(N2CCC(N(C)C)C2)c(F)c1. The maximum atomic E-state index is 14.9. The van der Waals surface area contributed by atoms with E-state index in [-0.39, 0.29) is 11.7 Å². The van der Waals surface area contributed by atoms with Crippen LogP contribution in [-0.4, -0.2) is 51.1 Å². The van der Waals surface area contributed by atoms with Crippen LogP contribution in [-0.2, 0) is 0 Å². The first kappa shape index (κ1) is 21.1. The predicted octanol–water partition coefficient (Wildman–Crippen LogP) is 4.91. The number of benzene rings is 3. The highest BCUT2D eigenvalue weighted by molar-refractivity contribution is 6.06. The molecule has 0 aliphatic carbocycles. The van der Waals surface area contributed by atoms with Gasteiger partial charge in [0.15, 0.2) is 0 Å². The van der Waals surface area contributed by atoms with Gasteiger partial charge in [0, 0.05) is 37.4 Å².